The molecule has 0 aliphatic heterocycles. The topological polar surface area (TPSA) is 24.9 Å². The summed E-state index contributed by atoms with van der Waals surface area (Å²) in [7, 11) is 0. The SMILES string of the molecule is CCNC(c1ccccc1)C(C)Sc1nccs1. The highest BCUT2D eigenvalue weighted by atomic mass is 32.2. The van der Waals surface area contributed by atoms with Crippen LogP contribution >= 0.6 is 23.1 Å². The molecule has 2 aromatic rings. The number of rotatable bonds is 6. The lowest BCUT2D eigenvalue weighted by atomic mass is 10.0. The first-order valence-electron chi connectivity index (χ1n) is 6.15. The smallest absolute Gasteiger partial charge is 0.150 e. The van der Waals surface area contributed by atoms with Gasteiger partial charge in [0.2, 0.25) is 0 Å². The zero-order valence-electron chi connectivity index (χ0n) is 10.7. The summed E-state index contributed by atoms with van der Waals surface area (Å²) in [6.07, 6.45) is 1.87. The summed E-state index contributed by atoms with van der Waals surface area (Å²) in [6.45, 7) is 5.38. The molecule has 0 spiro atoms. The van der Waals surface area contributed by atoms with Gasteiger partial charge < -0.3 is 5.32 Å². The normalized spacial score (nSPS) is 14.3. The molecule has 0 saturated carbocycles. The first-order chi connectivity index (χ1) is 8.81. The predicted octanol–water partition coefficient (Wildman–Crippen LogP) is 3.97. The highest BCUT2D eigenvalue weighted by Gasteiger charge is 2.19. The van der Waals surface area contributed by atoms with E-state index in [0.29, 0.717) is 11.3 Å². The maximum atomic E-state index is 4.35. The monoisotopic (exact) mass is 278 g/mol. The average Bonchev–Trinajstić information content (AvgIpc) is 2.89. The summed E-state index contributed by atoms with van der Waals surface area (Å²) in [5.74, 6) is 0. The van der Waals surface area contributed by atoms with Crippen LogP contribution in [0.25, 0.3) is 0 Å². The zero-order valence-corrected chi connectivity index (χ0v) is 12.3. The second-order valence-corrected chi connectivity index (χ2v) is 6.59. The van der Waals surface area contributed by atoms with Gasteiger partial charge in [-0.2, -0.15) is 0 Å². The minimum atomic E-state index is 0.366. The summed E-state index contributed by atoms with van der Waals surface area (Å²) in [4.78, 5) is 4.35. The molecular weight excluding hydrogens is 260 g/mol. The van der Waals surface area contributed by atoms with Crippen molar-refractivity contribution in [1.82, 2.24) is 10.3 Å². The molecule has 0 aliphatic carbocycles. The molecule has 0 bridgehead atoms. The first-order valence-corrected chi connectivity index (χ1v) is 7.91. The van der Waals surface area contributed by atoms with Crippen molar-refractivity contribution < 1.29 is 0 Å². The van der Waals surface area contributed by atoms with Crippen LogP contribution in [0.3, 0.4) is 0 Å². The number of nitrogens with zero attached hydrogens (tertiary/aromatic N) is 1. The Labute approximate surface area is 117 Å². The van der Waals surface area contributed by atoms with Crippen LogP contribution in [0.1, 0.15) is 25.5 Å². The fourth-order valence-corrected chi connectivity index (χ4v) is 3.96. The Morgan fingerprint density at radius 3 is 2.72 bits per heavy atom. The minimum absolute atomic E-state index is 0.366. The Morgan fingerprint density at radius 2 is 2.11 bits per heavy atom. The van der Waals surface area contributed by atoms with Gasteiger partial charge in [-0.05, 0) is 12.1 Å². The van der Waals surface area contributed by atoms with E-state index in [0.717, 1.165) is 10.9 Å². The fourth-order valence-electron chi connectivity index (χ4n) is 1.93. The maximum absolute atomic E-state index is 4.35. The van der Waals surface area contributed by atoms with Crippen molar-refractivity contribution in [2.24, 2.45) is 0 Å². The number of thiazole rings is 1. The van der Waals surface area contributed by atoms with Gasteiger partial charge in [0, 0.05) is 22.9 Å². The Hall–Kier alpha value is -0.840. The summed E-state index contributed by atoms with van der Waals surface area (Å²) in [5.41, 5.74) is 1.34. The van der Waals surface area contributed by atoms with Gasteiger partial charge in [-0.1, -0.05) is 55.9 Å². The summed E-state index contributed by atoms with van der Waals surface area (Å²) < 4.78 is 1.14. The number of nitrogens with one attached hydrogen (secondary N) is 1. The second-order valence-electron chi connectivity index (χ2n) is 4.07. The molecule has 1 heterocycles. The van der Waals surface area contributed by atoms with Crippen molar-refractivity contribution in [1.29, 1.82) is 0 Å². The third-order valence-electron chi connectivity index (χ3n) is 2.75. The van der Waals surface area contributed by atoms with Crippen LogP contribution < -0.4 is 5.32 Å². The number of aromatic nitrogens is 1. The molecule has 96 valence electrons. The predicted molar refractivity (Wildman–Crippen MR) is 80.3 cm³/mol. The standard InChI is InChI=1S/C14H18N2S2/c1-3-15-13(12-7-5-4-6-8-12)11(2)18-14-16-9-10-17-14/h4-11,13,15H,3H2,1-2H3. The van der Waals surface area contributed by atoms with Gasteiger partial charge >= 0.3 is 0 Å². The molecular formula is C14H18N2S2. The van der Waals surface area contributed by atoms with Crippen LogP contribution in [0.15, 0.2) is 46.2 Å². The van der Waals surface area contributed by atoms with Gasteiger partial charge in [-0.25, -0.2) is 4.98 Å². The van der Waals surface area contributed by atoms with Crippen LogP contribution in [0.5, 0.6) is 0 Å². The number of hydrogen-bond donors (Lipinski definition) is 1. The lowest BCUT2D eigenvalue weighted by Gasteiger charge is -2.24. The molecule has 1 aromatic heterocycles. The maximum Gasteiger partial charge on any atom is 0.150 e. The van der Waals surface area contributed by atoms with Crippen LogP contribution in [0, 0.1) is 0 Å². The van der Waals surface area contributed by atoms with E-state index in [9.17, 15) is 0 Å². The van der Waals surface area contributed by atoms with Crippen LogP contribution in [-0.2, 0) is 0 Å². The number of thioether (sulfide) groups is 1. The molecule has 2 atom stereocenters. The zero-order chi connectivity index (χ0) is 12.8. The lowest BCUT2D eigenvalue weighted by molar-refractivity contribution is 0.548. The van der Waals surface area contributed by atoms with Crippen molar-refractivity contribution in [2.45, 2.75) is 29.5 Å². The second kappa shape index (κ2) is 6.92. The fraction of sp³-hybridized carbons (Fsp3) is 0.357. The first kappa shape index (κ1) is 13.6. The van der Waals surface area contributed by atoms with E-state index in [-0.39, 0.29) is 0 Å². The van der Waals surface area contributed by atoms with E-state index >= 15 is 0 Å². The molecule has 0 aliphatic rings. The highest BCUT2D eigenvalue weighted by Crippen LogP contribution is 2.32. The van der Waals surface area contributed by atoms with E-state index in [2.05, 4.69) is 54.5 Å². The Bertz CT molecular complexity index is 442. The van der Waals surface area contributed by atoms with E-state index in [1.54, 1.807) is 11.3 Å². The Kier molecular flexibility index (Phi) is 5.23. The van der Waals surface area contributed by atoms with Crippen LogP contribution in [0.4, 0.5) is 0 Å². The van der Waals surface area contributed by atoms with Crippen molar-refractivity contribution in [3.05, 3.63) is 47.5 Å². The molecule has 18 heavy (non-hydrogen) atoms. The van der Waals surface area contributed by atoms with Crippen LogP contribution in [-0.4, -0.2) is 16.8 Å². The molecule has 1 N–H and O–H groups in total. The average molecular weight is 278 g/mol. The summed E-state index contributed by atoms with van der Waals surface area (Å²) >= 11 is 3.54. The van der Waals surface area contributed by atoms with Gasteiger partial charge in [0.15, 0.2) is 0 Å². The molecule has 2 nitrogen and oxygen atoms in total. The summed E-state index contributed by atoms with van der Waals surface area (Å²) in [5, 5.41) is 6.05. The quantitative estimate of drug-likeness (QED) is 0.809. The van der Waals surface area contributed by atoms with Crippen LogP contribution in [0.2, 0.25) is 0 Å². The number of hydrogen-bond acceptors (Lipinski definition) is 4. The van der Waals surface area contributed by atoms with Gasteiger partial charge in [0.1, 0.15) is 4.34 Å². The molecule has 0 saturated heterocycles. The molecule has 2 unspecified atom stereocenters. The lowest BCUT2D eigenvalue weighted by Crippen LogP contribution is -2.28. The Morgan fingerprint density at radius 1 is 1.33 bits per heavy atom. The Balaban J connectivity index is 2.09. The van der Waals surface area contributed by atoms with Crippen molar-refractivity contribution >= 4 is 23.1 Å². The van der Waals surface area contributed by atoms with Crippen molar-refractivity contribution in [2.75, 3.05) is 6.54 Å². The van der Waals surface area contributed by atoms with Gasteiger partial charge in [0.25, 0.3) is 0 Å². The van der Waals surface area contributed by atoms with Crippen molar-refractivity contribution in [3.8, 4) is 0 Å². The molecule has 0 amide bonds. The van der Waals surface area contributed by atoms with Crippen molar-refractivity contribution in [3.63, 3.8) is 0 Å². The van der Waals surface area contributed by atoms with Gasteiger partial charge in [-0.15, -0.1) is 11.3 Å². The molecule has 0 radical (unpaired) electrons. The van der Waals surface area contributed by atoms with E-state index < -0.39 is 0 Å². The third kappa shape index (κ3) is 3.57. The van der Waals surface area contributed by atoms with E-state index in [1.807, 2.05) is 23.3 Å². The third-order valence-corrected chi connectivity index (χ3v) is 4.84. The van der Waals surface area contributed by atoms with E-state index in [4.69, 9.17) is 0 Å². The molecule has 4 heteroatoms. The largest absolute Gasteiger partial charge is 0.309 e. The number of benzene rings is 1. The minimum Gasteiger partial charge on any atom is -0.309 e. The molecule has 0 fully saturated rings. The molecule has 1 aromatic carbocycles. The van der Waals surface area contributed by atoms with Gasteiger partial charge in [0.05, 0.1) is 0 Å². The summed E-state index contributed by atoms with van der Waals surface area (Å²) in [6, 6.07) is 11.0. The van der Waals surface area contributed by atoms with Gasteiger partial charge in [-0.3, -0.25) is 0 Å². The van der Waals surface area contributed by atoms with E-state index in [1.165, 1.54) is 5.56 Å². The highest BCUT2D eigenvalue weighted by molar-refractivity contribution is 8.01. The molecule has 2 rings (SSSR count).